The molecule has 2 fully saturated rings. The molecule has 1 unspecified atom stereocenters. The molecule has 3 aromatic rings. The van der Waals surface area contributed by atoms with Crippen LogP contribution in [0.2, 0.25) is 0 Å². The molecule has 9 nitrogen and oxygen atoms in total. The minimum Gasteiger partial charge on any atom is -0.488 e. The summed E-state index contributed by atoms with van der Waals surface area (Å²) < 4.78 is 6.39. The van der Waals surface area contributed by atoms with E-state index < -0.39 is 12.3 Å². The maximum atomic E-state index is 11.3. The molecule has 2 saturated heterocycles. The average Bonchev–Trinajstić information content (AvgIpc) is 3.47. The number of nitrogens with zero attached hydrogens (tertiary/aromatic N) is 5. The first-order chi connectivity index (χ1) is 20.2. The lowest BCUT2D eigenvalue weighted by atomic mass is 9.97. The van der Waals surface area contributed by atoms with Crippen LogP contribution in [-0.4, -0.2) is 95.6 Å². The number of piperazine rings is 1. The van der Waals surface area contributed by atoms with Crippen molar-refractivity contribution in [3.8, 4) is 17.0 Å². The first-order valence-electron chi connectivity index (χ1n) is 14.7. The summed E-state index contributed by atoms with van der Waals surface area (Å²) in [6, 6.07) is 12.8. The van der Waals surface area contributed by atoms with Crippen molar-refractivity contribution in [3.05, 3.63) is 64.0 Å². The fourth-order valence-corrected chi connectivity index (χ4v) is 6.61. The van der Waals surface area contributed by atoms with Crippen molar-refractivity contribution < 1.29 is 19.7 Å². The number of aryl methyl sites for hydroxylation is 2. The highest BCUT2D eigenvalue weighted by Gasteiger charge is 2.26. The normalized spacial score (nSPS) is 18.0. The van der Waals surface area contributed by atoms with Crippen LogP contribution >= 0.6 is 11.3 Å². The van der Waals surface area contributed by atoms with Gasteiger partial charge in [0.05, 0.1) is 11.6 Å². The molecule has 10 heteroatoms. The fourth-order valence-electron chi connectivity index (χ4n) is 5.73. The van der Waals surface area contributed by atoms with Crippen molar-refractivity contribution in [2.75, 3.05) is 58.3 Å². The van der Waals surface area contributed by atoms with Gasteiger partial charge < -0.3 is 19.8 Å². The molecule has 2 aromatic carbocycles. The first-order valence-corrected chi connectivity index (χ1v) is 15.6. The van der Waals surface area contributed by atoms with E-state index in [9.17, 15) is 15.0 Å². The number of piperidine rings is 1. The molecule has 0 amide bonds. The van der Waals surface area contributed by atoms with Crippen molar-refractivity contribution in [2.24, 2.45) is 5.92 Å². The van der Waals surface area contributed by atoms with Crippen LogP contribution in [0.15, 0.2) is 41.8 Å². The molecular weight excluding hydrogens is 550 g/mol. The zero-order valence-electron chi connectivity index (χ0n) is 25.1. The second-order valence-corrected chi connectivity index (χ2v) is 12.6. The van der Waals surface area contributed by atoms with Crippen LogP contribution in [0.3, 0.4) is 0 Å². The Morgan fingerprint density at radius 3 is 2.48 bits per heavy atom. The summed E-state index contributed by atoms with van der Waals surface area (Å²) in [6.45, 7) is 10.6. The number of benzene rings is 2. The Labute approximate surface area is 253 Å². The van der Waals surface area contributed by atoms with E-state index in [0.717, 1.165) is 66.0 Å². The summed E-state index contributed by atoms with van der Waals surface area (Å²) in [4.78, 5) is 24.8. The minimum absolute atomic E-state index is 0.256. The smallest absolute Gasteiger partial charge is 0.306 e. The van der Waals surface area contributed by atoms with Crippen LogP contribution in [0.25, 0.3) is 11.3 Å². The number of carboxylic acid groups (broad SMARTS) is 1. The molecule has 0 spiro atoms. The van der Waals surface area contributed by atoms with Gasteiger partial charge in [-0.3, -0.25) is 19.5 Å². The maximum absolute atomic E-state index is 11.3. The van der Waals surface area contributed by atoms with Gasteiger partial charge >= 0.3 is 5.97 Å². The van der Waals surface area contributed by atoms with Gasteiger partial charge in [0.1, 0.15) is 12.4 Å². The van der Waals surface area contributed by atoms with Crippen molar-refractivity contribution in [1.82, 2.24) is 19.7 Å². The predicted molar refractivity (Wildman–Crippen MR) is 167 cm³/mol. The second kappa shape index (κ2) is 13.5. The van der Waals surface area contributed by atoms with Crippen LogP contribution in [0.5, 0.6) is 5.75 Å². The van der Waals surface area contributed by atoms with Crippen LogP contribution in [0.4, 0.5) is 5.13 Å². The molecule has 3 heterocycles. The third kappa shape index (κ3) is 7.30. The van der Waals surface area contributed by atoms with Crippen LogP contribution in [0, 0.1) is 19.8 Å². The lowest BCUT2D eigenvalue weighted by Crippen LogP contribution is -2.54. The molecule has 0 aliphatic carbocycles. The second-order valence-electron chi connectivity index (χ2n) is 11.8. The Bertz CT molecular complexity index is 1360. The molecule has 5 rings (SSSR count). The number of hydrogen-bond donors (Lipinski definition) is 2. The van der Waals surface area contributed by atoms with Gasteiger partial charge in [-0.2, -0.15) is 0 Å². The van der Waals surface area contributed by atoms with Crippen molar-refractivity contribution in [1.29, 1.82) is 0 Å². The van der Waals surface area contributed by atoms with Crippen LogP contribution in [0.1, 0.15) is 35.1 Å². The molecule has 0 radical (unpaired) electrons. The van der Waals surface area contributed by atoms with E-state index in [1.54, 1.807) is 11.3 Å². The molecule has 0 saturated carbocycles. The molecule has 0 bridgehead atoms. The van der Waals surface area contributed by atoms with Gasteiger partial charge in [-0.25, -0.2) is 4.98 Å². The van der Waals surface area contributed by atoms with Gasteiger partial charge in [0.25, 0.3) is 0 Å². The molecule has 2 N–H and O–H groups in total. The Morgan fingerprint density at radius 2 is 1.81 bits per heavy atom. The highest BCUT2D eigenvalue weighted by atomic mass is 32.1. The highest BCUT2D eigenvalue weighted by molar-refractivity contribution is 7.14. The van der Waals surface area contributed by atoms with Gasteiger partial charge in [0, 0.05) is 56.8 Å². The van der Waals surface area contributed by atoms with Crippen molar-refractivity contribution in [2.45, 2.75) is 46.2 Å². The number of rotatable bonds is 10. The maximum Gasteiger partial charge on any atom is 0.306 e. The van der Waals surface area contributed by atoms with Gasteiger partial charge in [-0.05, 0) is 69.6 Å². The Morgan fingerprint density at radius 1 is 1.07 bits per heavy atom. The summed E-state index contributed by atoms with van der Waals surface area (Å²) in [5.74, 6) is -0.145. The Balaban J connectivity index is 1.20. The summed E-state index contributed by atoms with van der Waals surface area (Å²) in [5, 5.41) is 22.6. The van der Waals surface area contributed by atoms with Crippen LogP contribution < -0.4 is 9.64 Å². The van der Waals surface area contributed by atoms with Gasteiger partial charge in [0.15, 0.2) is 11.5 Å². The Hall–Kier alpha value is -3.02. The largest absolute Gasteiger partial charge is 0.488 e. The first kappa shape index (κ1) is 30.4. The van der Waals surface area contributed by atoms with Crippen molar-refractivity contribution in [3.63, 3.8) is 0 Å². The number of aliphatic hydroxyl groups excluding tert-OH is 1. The third-order valence-electron chi connectivity index (χ3n) is 8.41. The van der Waals surface area contributed by atoms with E-state index >= 15 is 0 Å². The van der Waals surface area contributed by atoms with Crippen LogP contribution in [-0.2, 0) is 17.9 Å². The zero-order chi connectivity index (χ0) is 29.8. The summed E-state index contributed by atoms with van der Waals surface area (Å²) in [7, 11) is 3.80. The van der Waals surface area contributed by atoms with Gasteiger partial charge in [0.2, 0.25) is 0 Å². The fraction of sp³-hybridized carbons (Fsp3) is 0.500. The highest BCUT2D eigenvalue weighted by Crippen LogP contribution is 2.36. The minimum atomic E-state index is -0.698. The standard InChI is InChI=1S/C32H43N5O4S/c1-22-5-8-29(27(17-22)28-21-42-31(33-28)36-11-9-25(10-12-36)30(38)39)41-20-26-7-6-24(18-23(26)2)19-35-13-15-37(16-14-35)32(40)34(3)4/h5-8,17-18,21,25,32,40H,9-16,19-20H2,1-4H3,(H,38,39). The summed E-state index contributed by atoms with van der Waals surface area (Å²) in [5.41, 5.74) is 6.67. The lowest BCUT2D eigenvalue weighted by Gasteiger charge is -2.39. The van der Waals surface area contributed by atoms with Gasteiger partial charge in [-0.15, -0.1) is 11.3 Å². The number of carboxylic acids is 1. The molecular formula is C32H43N5O4S. The number of hydrogen-bond acceptors (Lipinski definition) is 9. The van der Waals surface area contributed by atoms with E-state index in [1.165, 1.54) is 11.1 Å². The number of aromatic nitrogens is 1. The molecule has 1 aromatic heterocycles. The monoisotopic (exact) mass is 593 g/mol. The van der Waals surface area contributed by atoms with Crippen molar-refractivity contribution >= 4 is 22.4 Å². The predicted octanol–water partition coefficient (Wildman–Crippen LogP) is 4.26. The van der Waals surface area contributed by atoms with E-state index in [4.69, 9.17) is 9.72 Å². The number of thiazole rings is 1. The number of carbonyl (C=O) groups is 1. The number of aliphatic carboxylic acids is 1. The Kier molecular flexibility index (Phi) is 9.80. The molecule has 2 aliphatic heterocycles. The number of aliphatic hydroxyl groups is 1. The molecule has 2 aliphatic rings. The average molecular weight is 594 g/mol. The van der Waals surface area contributed by atoms with E-state index in [2.05, 4.69) is 64.3 Å². The topological polar surface area (TPSA) is 92.6 Å². The molecule has 1 atom stereocenters. The quantitative estimate of drug-likeness (QED) is 0.335. The third-order valence-corrected chi connectivity index (χ3v) is 9.31. The zero-order valence-corrected chi connectivity index (χ0v) is 25.9. The SMILES string of the molecule is Cc1ccc(OCc2ccc(CN3CCN(C(O)N(C)C)CC3)cc2C)c(-c2csc(N3CCC(C(=O)O)CC3)n2)c1. The molecule has 226 valence electrons. The number of ether oxygens (including phenoxy) is 1. The number of anilines is 1. The summed E-state index contributed by atoms with van der Waals surface area (Å²) in [6.07, 6.45) is 0.779. The van der Waals surface area contributed by atoms with E-state index in [-0.39, 0.29) is 5.92 Å². The lowest BCUT2D eigenvalue weighted by molar-refractivity contribution is -0.142. The van der Waals surface area contributed by atoms with Gasteiger partial charge in [-0.1, -0.05) is 29.8 Å². The van der Waals surface area contributed by atoms with E-state index in [0.29, 0.717) is 32.5 Å². The van der Waals surface area contributed by atoms with E-state index in [1.807, 2.05) is 25.1 Å². The molecule has 42 heavy (non-hydrogen) atoms. The summed E-state index contributed by atoms with van der Waals surface area (Å²) >= 11 is 1.60.